The molecule has 18 heavy (non-hydrogen) atoms. The van der Waals surface area contributed by atoms with Gasteiger partial charge in [-0.25, -0.2) is 0 Å². The van der Waals surface area contributed by atoms with Crippen LogP contribution in [0.3, 0.4) is 0 Å². The molecule has 0 aliphatic heterocycles. The molecule has 2 N–H and O–H groups in total. The van der Waals surface area contributed by atoms with Crippen LogP contribution in [0.5, 0.6) is 5.75 Å². The Morgan fingerprint density at radius 3 is 2.89 bits per heavy atom. The number of rotatable bonds is 4. The summed E-state index contributed by atoms with van der Waals surface area (Å²) in [5.74, 6) is 1.66. The Hall–Kier alpha value is -1.59. The highest BCUT2D eigenvalue weighted by atomic mass is 35.5. The number of nitrogens with zero attached hydrogens (tertiary/aromatic N) is 2. The molecule has 0 unspecified atom stereocenters. The number of aromatic nitrogens is 2. The van der Waals surface area contributed by atoms with Gasteiger partial charge in [0.15, 0.2) is 0 Å². The van der Waals surface area contributed by atoms with Gasteiger partial charge in [-0.3, -0.25) is 0 Å². The molecule has 1 aromatic heterocycles. The topological polar surface area (TPSA) is 74.2 Å². The molecule has 0 amide bonds. The van der Waals surface area contributed by atoms with Crippen LogP contribution in [0.25, 0.3) is 11.4 Å². The highest BCUT2D eigenvalue weighted by molar-refractivity contribution is 6.31. The van der Waals surface area contributed by atoms with Crippen molar-refractivity contribution in [1.29, 1.82) is 0 Å². The normalized spacial score (nSPS) is 10.7. The first-order chi connectivity index (χ1) is 8.65. The molecule has 1 aromatic carbocycles. The Bertz CT molecular complexity index is 554. The second-order valence-electron chi connectivity index (χ2n) is 3.85. The molecule has 0 saturated heterocycles. The fourth-order valence-corrected chi connectivity index (χ4v) is 2.03. The largest absolute Gasteiger partial charge is 0.496 e. The van der Waals surface area contributed by atoms with Gasteiger partial charge in [-0.1, -0.05) is 16.8 Å². The van der Waals surface area contributed by atoms with Gasteiger partial charge in [0.2, 0.25) is 11.7 Å². The lowest BCUT2D eigenvalue weighted by Gasteiger charge is -2.09. The molecule has 1 heterocycles. The monoisotopic (exact) mass is 267 g/mol. The Labute approximate surface area is 110 Å². The molecular formula is C12H14ClN3O2. The molecule has 6 heteroatoms. The summed E-state index contributed by atoms with van der Waals surface area (Å²) in [5, 5.41) is 4.52. The average Bonchev–Trinajstić information content (AvgIpc) is 2.77. The Balaban J connectivity index is 2.48. The zero-order valence-electron chi connectivity index (χ0n) is 10.2. The molecule has 0 radical (unpaired) electrons. The van der Waals surface area contributed by atoms with Gasteiger partial charge in [0, 0.05) is 18.0 Å². The standard InChI is InChI=1S/C12H14ClN3O2/c1-7-5-8(13)6-9(11(7)17-2)12-15-10(3-4-14)18-16-12/h5-6H,3-4,14H2,1-2H3. The molecule has 0 spiro atoms. The molecule has 96 valence electrons. The Morgan fingerprint density at radius 2 is 2.22 bits per heavy atom. The van der Waals surface area contributed by atoms with E-state index in [0.29, 0.717) is 35.5 Å². The van der Waals surface area contributed by atoms with Crippen molar-refractivity contribution < 1.29 is 9.26 Å². The second-order valence-corrected chi connectivity index (χ2v) is 4.29. The molecule has 0 fully saturated rings. The fourth-order valence-electron chi connectivity index (χ4n) is 1.76. The highest BCUT2D eigenvalue weighted by Crippen LogP contribution is 2.34. The van der Waals surface area contributed by atoms with Crippen molar-refractivity contribution in [2.45, 2.75) is 13.3 Å². The first-order valence-corrected chi connectivity index (χ1v) is 5.90. The van der Waals surface area contributed by atoms with Gasteiger partial charge < -0.3 is 15.0 Å². The molecular weight excluding hydrogens is 254 g/mol. The lowest BCUT2D eigenvalue weighted by molar-refractivity contribution is 0.379. The summed E-state index contributed by atoms with van der Waals surface area (Å²) in [4.78, 5) is 4.26. The minimum absolute atomic E-state index is 0.459. The summed E-state index contributed by atoms with van der Waals surface area (Å²) >= 11 is 6.04. The van der Waals surface area contributed by atoms with Crippen LogP contribution in [0, 0.1) is 6.92 Å². The number of methoxy groups -OCH3 is 1. The number of ether oxygens (including phenoxy) is 1. The van der Waals surface area contributed by atoms with Crippen molar-refractivity contribution in [2.75, 3.05) is 13.7 Å². The summed E-state index contributed by atoms with van der Waals surface area (Å²) < 4.78 is 10.4. The van der Waals surface area contributed by atoms with E-state index in [1.807, 2.05) is 13.0 Å². The van der Waals surface area contributed by atoms with Crippen LogP contribution in [0.4, 0.5) is 0 Å². The van der Waals surface area contributed by atoms with E-state index in [0.717, 1.165) is 11.1 Å². The molecule has 0 bridgehead atoms. The second kappa shape index (κ2) is 5.37. The average molecular weight is 268 g/mol. The van der Waals surface area contributed by atoms with Crippen LogP contribution in [0.2, 0.25) is 5.02 Å². The maximum absolute atomic E-state index is 6.04. The van der Waals surface area contributed by atoms with Crippen LogP contribution < -0.4 is 10.5 Å². The minimum Gasteiger partial charge on any atom is -0.496 e. The van der Waals surface area contributed by atoms with E-state index in [1.165, 1.54) is 0 Å². The lowest BCUT2D eigenvalue weighted by atomic mass is 10.1. The lowest BCUT2D eigenvalue weighted by Crippen LogP contribution is -2.02. The predicted molar refractivity (Wildman–Crippen MR) is 68.8 cm³/mol. The molecule has 0 atom stereocenters. The summed E-state index contributed by atoms with van der Waals surface area (Å²) in [7, 11) is 1.60. The zero-order chi connectivity index (χ0) is 13.1. The van der Waals surface area contributed by atoms with Crippen LogP contribution >= 0.6 is 11.6 Å². The van der Waals surface area contributed by atoms with Gasteiger partial charge in [-0.15, -0.1) is 0 Å². The van der Waals surface area contributed by atoms with Crippen molar-refractivity contribution in [2.24, 2.45) is 5.73 Å². The van der Waals surface area contributed by atoms with Crippen LogP contribution in [-0.4, -0.2) is 23.8 Å². The van der Waals surface area contributed by atoms with Crippen LogP contribution in [0.1, 0.15) is 11.5 Å². The van der Waals surface area contributed by atoms with E-state index < -0.39 is 0 Å². The maximum Gasteiger partial charge on any atom is 0.228 e. The van der Waals surface area contributed by atoms with E-state index in [9.17, 15) is 0 Å². The molecule has 2 rings (SSSR count). The van der Waals surface area contributed by atoms with Crippen molar-refractivity contribution in [3.05, 3.63) is 28.6 Å². The van der Waals surface area contributed by atoms with Gasteiger partial charge in [0.1, 0.15) is 5.75 Å². The number of aryl methyl sites for hydroxylation is 1. The summed E-state index contributed by atoms with van der Waals surface area (Å²) in [6.07, 6.45) is 0.550. The van der Waals surface area contributed by atoms with E-state index in [-0.39, 0.29) is 0 Å². The number of halogens is 1. The van der Waals surface area contributed by atoms with E-state index in [4.69, 9.17) is 26.6 Å². The van der Waals surface area contributed by atoms with Crippen molar-refractivity contribution in [1.82, 2.24) is 10.1 Å². The molecule has 5 nitrogen and oxygen atoms in total. The quantitative estimate of drug-likeness (QED) is 0.919. The van der Waals surface area contributed by atoms with Gasteiger partial charge in [-0.2, -0.15) is 4.98 Å². The summed E-state index contributed by atoms with van der Waals surface area (Å²) in [6.45, 7) is 2.38. The third kappa shape index (κ3) is 2.47. The fraction of sp³-hybridized carbons (Fsp3) is 0.333. The first kappa shape index (κ1) is 12.9. The van der Waals surface area contributed by atoms with Crippen molar-refractivity contribution in [3.8, 4) is 17.1 Å². The molecule has 0 saturated carbocycles. The molecule has 2 aromatic rings. The highest BCUT2D eigenvalue weighted by Gasteiger charge is 2.15. The van der Waals surface area contributed by atoms with E-state index >= 15 is 0 Å². The van der Waals surface area contributed by atoms with Crippen LogP contribution in [0.15, 0.2) is 16.7 Å². The van der Waals surface area contributed by atoms with Gasteiger partial charge in [0.05, 0.1) is 12.7 Å². The minimum atomic E-state index is 0.459. The SMILES string of the molecule is COc1c(C)cc(Cl)cc1-c1noc(CCN)n1. The zero-order valence-corrected chi connectivity index (χ0v) is 11.0. The van der Waals surface area contributed by atoms with Crippen LogP contribution in [-0.2, 0) is 6.42 Å². The molecule has 0 aliphatic carbocycles. The number of hydrogen-bond donors (Lipinski definition) is 1. The van der Waals surface area contributed by atoms with Gasteiger partial charge in [-0.05, 0) is 24.6 Å². The Kier molecular flexibility index (Phi) is 3.84. The van der Waals surface area contributed by atoms with Gasteiger partial charge >= 0.3 is 0 Å². The van der Waals surface area contributed by atoms with E-state index in [1.54, 1.807) is 13.2 Å². The number of benzene rings is 1. The number of hydrogen-bond acceptors (Lipinski definition) is 5. The van der Waals surface area contributed by atoms with Crippen molar-refractivity contribution in [3.63, 3.8) is 0 Å². The predicted octanol–water partition coefficient (Wildman–Crippen LogP) is 2.21. The van der Waals surface area contributed by atoms with E-state index in [2.05, 4.69) is 10.1 Å². The molecule has 0 aliphatic rings. The number of nitrogens with two attached hydrogens (primary N) is 1. The third-order valence-corrected chi connectivity index (χ3v) is 2.73. The first-order valence-electron chi connectivity index (χ1n) is 5.53. The van der Waals surface area contributed by atoms with Crippen molar-refractivity contribution >= 4 is 11.6 Å². The third-order valence-electron chi connectivity index (χ3n) is 2.51. The summed E-state index contributed by atoms with van der Waals surface area (Å²) in [6, 6.07) is 3.58. The van der Waals surface area contributed by atoms with Gasteiger partial charge in [0.25, 0.3) is 0 Å². The smallest absolute Gasteiger partial charge is 0.228 e. The Morgan fingerprint density at radius 1 is 1.44 bits per heavy atom. The maximum atomic E-state index is 6.04. The summed E-state index contributed by atoms with van der Waals surface area (Å²) in [5.41, 5.74) is 7.08.